The van der Waals surface area contributed by atoms with Crippen molar-refractivity contribution in [1.82, 2.24) is 0 Å². The summed E-state index contributed by atoms with van der Waals surface area (Å²) in [5.74, 6) is -0.972. The molecule has 0 unspecified atom stereocenters. The minimum absolute atomic E-state index is 0.0449. The lowest BCUT2D eigenvalue weighted by Gasteiger charge is -2.08. The van der Waals surface area contributed by atoms with Gasteiger partial charge in [0.25, 0.3) is 0 Å². The summed E-state index contributed by atoms with van der Waals surface area (Å²) in [7, 11) is 1.33. The molecule has 21 heavy (non-hydrogen) atoms. The van der Waals surface area contributed by atoms with Crippen LogP contribution in [0.4, 0.5) is 0 Å². The van der Waals surface area contributed by atoms with Gasteiger partial charge in [-0.3, -0.25) is 4.79 Å². The largest absolute Gasteiger partial charge is 0.508 e. The number of methoxy groups -OCH3 is 1. The van der Waals surface area contributed by atoms with Gasteiger partial charge < -0.3 is 20.1 Å². The van der Waals surface area contributed by atoms with Crippen molar-refractivity contribution in [1.29, 1.82) is 0 Å². The molecule has 0 aromatic heterocycles. The third-order valence-corrected chi connectivity index (χ3v) is 2.88. The third kappa shape index (κ3) is 3.14. The molecule has 0 radical (unpaired) electrons. The maximum atomic E-state index is 12.2. The zero-order valence-corrected chi connectivity index (χ0v) is 11.3. The molecule has 5 heteroatoms. The highest BCUT2D eigenvalue weighted by Gasteiger charge is 2.16. The molecule has 0 spiro atoms. The SMILES string of the molecule is COc1cc(O)cc(O)c1C(=O)C=Cc1ccccc1O. The van der Waals surface area contributed by atoms with Crippen LogP contribution in [-0.4, -0.2) is 28.2 Å². The molecule has 0 bridgehead atoms. The monoisotopic (exact) mass is 286 g/mol. The summed E-state index contributed by atoms with van der Waals surface area (Å²) in [6, 6.07) is 8.84. The van der Waals surface area contributed by atoms with Crippen molar-refractivity contribution in [3.8, 4) is 23.0 Å². The topological polar surface area (TPSA) is 87.0 Å². The average molecular weight is 286 g/mol. The van der Waals surface area contributed by atoms with Gasteiger partial charge in [0.05, 0.1) is 7.11 Å². The standard InChI is InChI=1S/C16H14O5/c1-21-15-9-11(17)8-14(20)16(15)13(19)7-6-10-4-2-3-5-12(10)18/h2-9,17-18,20H,1H3. The highest BCUT2D eigenvalue weighted by molar-refractivity contribution is 6.10. The quantitative estimate of drug-likeness (QED) is 0.594. The van der Waals surface area contributed by atoms with Crippen LogP contribution in [0.1, 0.15) is 15.9 Å². The number of ketones is 1. The van der Waals surface area contributed by atoms with E-state index in [1.807, 2.05) is 0 Å². The van der Waals surface area contributed by atoms with E-state index in [9.17, 15) is 20.1 Å². The second-order valence-electron chi connectivity index (χ2n) is 4.30. The van der Waals surface area contributed by atoms with Crippen LogP contribution >= 0.6 is 0 Å². The summed E-state index contributed by atoms with van der Waals surface area (Å²) >= 11 is 0. The van der Waals surface area contributed by atoms with Gasteiger partial charge >= 0.3 is 0 Å². The Morgan fingerprint density at radius 1 is 1.10 bits per heavy atom. The van der Waals surface area contributed by atoms with E-state index in [0.29, 0.717) is 5.56 Å². The number of hydrogen-bond acceptors (Lipinski definition) is 5. The van der Waals surface area contributed by atoms with Crippen LogP contribution in [0.2, 0.25) is 0 Å². The third-order valence-electron chi connectivity index (χ3n) is 2.88. The van der Waals surface area contributed by atoms with E-state index in [0.717, 1.165) is 6.07 Å². The van der Waals surface area contributed by atoms with Crippen molar-refractivity contribution in [2.75, 3.05) is 7.11 Å². The fourth-order valence-corrected chi connectivity index (χ4v) is 1.87. The molecule has 3 N–H and O–H groups in total. The van der Waals surface area contributed by atoms with Crippen molar-refractivity contribution in [2.24, 2.45) is 0 Å². The number of benzene rings is 2. The summed E-state index contributed by atoms with van der Waals surface area (Å²) < 4.78 is 4.98. The van der Waals surface area contributed by atoms with E-state index in [4.69, 9.17) is 4.74 Å². The van der Waals surface area contributed by atoms with Crippen molar-refractivity contribution in [3.05, 3.63) is 53.6 Å². The molecule has 0 aliphatic rings. The fraction of sp³-hybridized carbons (Fsp3) is 0.0625. The lowest BCUT2D eigenvalue weighted by atomic mass is 10.1. The first-order chi connectivity index (χ1) is 10.0. The molecule has 0 atom stereocenters. The molecule has 2 rings (SSSR count). The maximum absolute atomic E-state index is 12.2. The van der Waals surface area contributed by atoms with Gasteiger partial charge in [0.15, 0.2) is 5.78 Å². The molecule has 0 amide bonds. The Kier molecular flexibility index (Phi) is 4.13. The van der Waals surface area contributed by atoms with Crippen LogP contribution in [0, 0.1) is 0 Å². The number of phenolic OH excluding ortho intramolecular Hbond substituents is 3. The van der Waals surface area contributed by atoms with Crippen molar-refractivity contribution < 1.29 is 24.9 Å². The second kappa shape index (κ2) is 6.00. The minimum atomic E-state index is -0.507. The van der Waals surface area contributed by atoms with Gasteiger partial charge in [-0.2, -0.15) is 0 Å². The van der Waals surface area contributed by atoms with E-state index in [-0.39, 0.29) is 28.6 Å². The predicted molar refractivity (Wildman–Crippen MR) is 77.8 cm³/mol. The number of ether oxygens (including phenoxy) is 1. The molecule has 0 saturated carbocycles. The van der Waals surface area contributed by atoms with Crippen LogP contribution in [-0.2, 0) is 0 Å². The highest BCUT2D eigenvalue weighted by atomic mass is 16.5. The van der Waals surface area contributed by atoms with Crippen molar-refractivity contribution in [3.63, 3.8) is 0 Å². The molecule has 2 aromatic rings. The number of aromatic hydroxyl groups is 3. The van der Waals surface area contributed by atoms with E-state index in [1.54, 1.807) is 18.2 Å². The number of rotatable bonds is 4. The van der Waals surface area contributed by atoms with Gasteiger partial charge in [0, 0.05) is 17.7 Å². The van der Waals surface area contributed by atoms with Gasteiger partial charge in [-0.1, -0.05) is 18.2 Å². The Hall–Kier alpha value is -2.95. The second-order valence-corrected chi connectivity index (χ2v) is 4.30. The Morgan fingerprint density at radius 3 is 2.48 bits per heavy atom. The number of carbonyl (C=O) groups is 1. The van der Waals surface area contributed by atoms with Gasteiger partial charge in [-0.15, -0.1) is 0 Å². The molecular formula is C16H14O5. The fourth-order valence-electron chi connectivity index (χ4n) is 1.87. The number of hydrogen-bond donors (Lipinski definition) is 3. The van der Waals surface area contributed by atoms with E-state index < -0.39 is 5.78 Å². The van der Waals surface area contributed by atoms with Crippen LogP contribution in [0.5, 0.6) is 23.0 Å². The average Bonchev–Trinajstić information content (AvgIpc) is 2.45. The first-order valence-corrected chi connectivity index (χ1v) is 6.13. The van der Waals surface area contributed by atoms with Gasteiger partial charge in [0.1, 0.15) is 28.6 Å². The molecule has 0 aliphatic carbocycles. The molecule has 0 heterocycles. The summed E-state index contributed by atoms with van der Waals surface area (Å²) in [6.07, 6.45) is 2.65. The number of phenols is 3. The number of allylic oxidation sites excluding steroid dienone is 1. The van der Waals surface area contributed by atoms with E-state index >= 15 is 0 Å². The summed E-state index contributed by atoms with van der Waals surface area (Å²) in [6.45, 7) is 0. The first kappa shape index (κ1) is 14.5. The van der Waals surface area contributed by atoms with E-state index in [2.05, 4.69) is 0 Å². The normalized spacial score (nSPS) is 10.7. The summed E-state index contributed by atoms with van der Waals surface area (Å²) in [4.78, 5) is 12.2. The molecule has 2 aromatic carbocycles. The lowest BCUT2D eigenvalue weighted by Crippen LogP contribution is -1.99. The predicted octanol–water partition coefficient (Wildman–Crippen LogP) is 2.71. The smallest absolute Gasteiger partial charge is 0.193 e. The minimum Gasteiger partial charge on any atom is -0.508 e. The Balaban J connectivity index is 2.35. The Morgan fingerprint density at radius 2 is 1.81 bits per heavy atom. The zero-order chi connectivity index (χ0) is 15.4. The Bertz CT molecular complexity index is 704. The summed E-state index contributed by atoms with van der Waals surface area (Å²) in [5.41, 5.74) is 0.421. The van der Waals surface area contributed by atoms with E-state index in [1.165, 1.54) is 31.4 Å². The van der Waals surface area contributed by atoms with Crippen LogP contribution in [0.3, 0.4) is 0 Å². The van der Waals surface area contributed by atoms with Crippen molar-refractivity contribution in [2.45, 2.75) is 0 Å². The van der Waals surface area contributed by atoms with Gasteiger partial charge in [-0.25, -0.2) is 0 Å². The number of para-hydroxylation sites is 1. The summed E-state index contributed by atoms with van der Waals surface area (Å²) in [5, 5.41) is 28.8. The molecule has 108 valence electrons. The number of carbonyl (C=O) groups excluding carboxylic acids is 1. The molecule has 5 nitrogen and oxygen atoms in total. The molecule has 0 fully saturated rings. The van der Waals surface area contributed by atoms with Crippen LogP contribution < -0.4 is 4.74 Å². The highest BCUT2D eigenvalue weighted by Crippen LogP contribution is 2.33. The maximum Gasteiger partial charge on any atom is 0.193 e. The lowest BCUT2D eigenvalue weighted by molar-refractivity contribution is 0.104. The molecule has 0 aliphatic heterocycles. The Labute approximate surface area is 121 Å². The van der Waals surface area contributed by atoms with Crippen LogP contribution in [0.25, 0.3) is 6.08 Å². The molecular weight excluding hydrogens is 272 g/mol. The first-order valence-electron chi connectivity index (χ1n) is 6.13. The molecule has 0 saturated heterocycles. The van der Waals surface area contributed by atoms with Crippen LogP contribution in [0.15, 0.2) is 42.5 Å². The van der Waals surface area contributed by atoms with Crippen molar-refractivity contribution >= 4 is 11.9 Å². The zero-order valence-electron chi connectivity index (χ0n) is 11.3. The van der Waals surface area contributed by atoms with Gasteiger partial charge in [0.2, 0.25) is 0 Å². The van der Waals surface area contributed by atoms with Gasteiger partial charge in [-0.05, 0) is 18.2 Å².